The highest BCUT2D eigenvalue weighted by molar-refractivity contribution is 6.10. The molecule has 2 rings (SSSR count). The molecule has 0 atom stereocenters. The van der Waals surface area contributed by atoms with Crippen molar-refractivity contribution in [1.29, 1.82) is 0 Å². The standard InChI is InChI=1S/C15H13F2NO2/c1-8-3-4-9(18)5-11(8)15(19)14-12(16)6-10(20-2)7-13(14)17/h3-7H,18H2,1-2H3. The second kappa shape index (κ2) is 5.28. The summed E-state index contributed by atoms with van der Waals surface area (Å²) in [6.07, 6.45) is 0. The summed E-state index contributed by atoms with van der Waals surface area (Å²) >= 11 is 0. The van der Waals surface area contributed by atoms with Gasteiger partial charge in [-0.1, -0.05) is 6.07 Å². The van der Waals surface area contributed by atoms with Gasteiger partial charge in [0.15, 0.2) is 5.78 Å². The van der Waals surface area contributed by atoms with E-state index in [1.54, 1.807) is 19.1 Å². The van der Waals surface area contributed by atoms with Gasteiger partial charge in [-0.25, -0.2) is 8.78 Å². The zero-order valence-corrected chi connectivity index (χ0v) is 11.0. The van der Waals surface area contributed by atoms with Gasteiger partial charge in [-0.15, -0.1) is 0 Å². The molecule has 0 aromatic heterocycles. The highest BCUT2D eigenvalue weighted by atomic mass is 19.1. The van der Waals surface area contributed by atoms with Crippen molar-refractivity contribution in [2.75, 3.05) is 12.8 Å². The minimum Gasteiger partial charge on any atom is -0.497 e. The van der Waals surface area contributed by atoms with E-state index in [9.17, 15) is 13.6 Å². The number of ether oxygens (including phenoxy) is 1. The van der Waals surface area contributed by atoms with Crippen LogP contribution in [0, 0.1) is 18.6 Å². The molecule has 0 aliphatic carbocycles. The number of hydrogen-bond acceptors (Lipinski definition) is 3. The Balaban J connectivity index is 2.56. The van der Waals surface area contributed by atoms with Crippen LogP contribution in [-0.2, 0) is 0 Å². The van der Waals surface area contributed by atoms with Crippen LogP contribution in [0.2, 0.25) is 0 Å². The molecule has 0 unspecified atom stereocenters. The van der Waals surface area contributed by atoms with Gasteiger partial charge in [-0.3, -0.25) is 4.79 Å². The lowest BCUT2D eigenvalue weighted by Gasteiger charge is -2.09. The number of carbonyl (C=O) groups excluding carboxylic acids is 1. The molecule has 104 valence electrons. The van der Waals surface area contributed by atoms with Crippen LogP contribution in [0.5, 0.6) is 5.75 Å². The molecule has 0 fully saturated rings. The molecule has 2 aromatic rings. The first-order valence-corrected chi connectivity index (χ1v) is 5.88. The monoisotopic (exact) mass is 277 g/mol. The average molecular weight is 277 g/mol. The number of rotatable bonds is 3. The molecular weight excluding hydrogens is 264 g/mol. The first kappa shape index (κ1) is 14.0. The number of nitrogens with two attached hydrogens (primary N) is 1. The summed E-state index contributed by atoms with van der Waals surface area (Å²) in [6, 6.07) is 6.59. The zero-order valence-electron chi connectivity index (χ0n) is 11.0. The van der Waals surface area contributed by atoms with Crippen LogP contribution in [-0.4, -0.2) is 12.9 Å². The molecule has 0 radical (unpaired) electrons. The third kappa shape index (κ3) is 2.47. The maximum Gasteiger partial charge on any atom is 0.199 e. The Kier molecular flexibility index (Phi) is 3.70. The minimum absolute atomic E-state index is 0.0147. The van der Waals surface area contributed by atoms with E-state index in [2.05, 4.69) is 0 Å². The topological polar surface area (TPSA) is 52.3 Å². The molecule has 0 bridgehead atoms. The number of ketones is 1. The Morgan fingerprint density at radius 1 is 1.15 bits per heavy atom. The van der Waals surface area contributed by atoms with E-state index in [4.69, 9.17) is 10.5 Å². The number of carbonyl (C=O) groups is 1. The van der Waals surface area contributed by atoms with Gasteiger partial charge >= 0.3 is 0 Å². The molecule has 3 nitrogen and oxygen atoms in total. The smallest absolute Gasteiger partial charge is 0.199 e. The van der Waals surface area contributed by atoms with Crippen molar-refractivity contribution in [2.24, 2.45) is 0 Å². The SMILES string of the molecule is COc1cc(F)c(C(=O)c2cc(N)ccc2C)c(F)c1. The highest BCUT2D eigenvalue weighted by Crippen LogP contribution is 2.25. The predicted octanol–water partition coefficient (Wildman–Crippen LogP) is 3.10. The highest BCUT2D eigenvalue weighted by Gasteiger charge is 2.22. The maximum atomic E-state index is 13.9. The van der Waals surface area contributed by atoms with Crippen LogP contribution in [0.4, 0.5) is 14.5 Å². The molecular formula is C15H13F2NO2. The lowest BCUT2D eigenvalue weighted by molar-refractivity contribution is 0.103. The molecule has 0 saturated carbocycles. The van der Waals surface area contributed by atoms with Crippen LogP contribution in [0.1, 0.15) is 21.5 Å². The molecule has 0 heterocycles. The number of halogens is 2. The van der Waals surface area contributed by atoms with Gasteiger partial charge in [0.25, 0.3) is 0 Å². The van der Waals surface area contributed by atoms with E-state index in [-0.39, 0.29) is 11.3 Å². The quantitative estimate of drug-likeness (QED) is 0.693. The van der Waals surface area contributed by atoms with Crippen molar-refractivity contribution in [2.45, 2.75) is 6.92 Å². The Morgan fingerprint density at radius 2 is 1.75 bits per heavy atom. The van der Waals surface area contributed by atoms with Crippen molar-refractivity contribution in [3.63, 3.8) is 0 Å². The molecule has 0 spiro atoms. The summed E-state index contributed by atoms with van der Waals surface area (Å²) in [6.45, 7) is 1.67. The second-order valence-corrected chi connectivity index (χ2v) is 4.37. The predicted molar refractivity (Wildman–Crippen MR) is 71.9 cm³/mol. The van der Waals surface area contributed by atoms with Gasteiger partial charge in [0.1, 0.15) is 17.4 Å². The van der Waals surface area contributed by atoms with Crippen molar-refractivity contribution >= 4 is 11.5 Å². The minimum atomic E-state index is -0.964. The van der Waals surface area contributed by atoms with E-state index in [1.165, 1.54) is 13.2 Å². The van der Waals surface area contributed by atoms with Gasteiger partial charge in [0.05, 0.1) is 12.7 Å². The van der Waals surface area contributed by atoms with E-state index in [0.717, 1.165) is 12.1 Å². The molecule has 0 aliphatic rings. The fraction of sp³-hybridized carbons (Fsp3) is 0.133. The maximum absolute atomic E-state index is 13.9. The van der Waals surface area contributed by atoms with Gasteiger partial charge in [0, 0.05) is 23.4 Å². The van der Waals surface area contributed by atoms with Crippen LogP contribution in [0.25, 0.3) is 0 Å². The third-order valence-electron chi connectivity index (χ3n) is 2.98. The summed E-state index contributed by atoms with van der Waals surface area (Å²) in [7, 11) is 1.29. The van der Waals surface area contributed by atoms with Crippen molar-refractivity contribution in [1.82, 2.24) is 0 Å². The Hall–Kier alpha value is -2.43. The molecule has 0 amide bonds. The largest absolute Gasteiger partial charge is 0.497 e. The first-order chi connectivity index (χ1) is 9.43. The Bertz CT molecular complexity index is 661. The summed E-state index contributed by atoms with van der Waals surface area (Å²) in [4.78, 5) is 12.3. The van der Waals surface area contributed by atoms with Crippen LogP contribution >= 0.6 is 0 Å². The van der Waals surface area contributed by atoms with Gasteiger partial charge in [-0.2, -0.15) is 0 Å². The van der Waals surface area contributed by atoms with Crippen LogP contribution < -0.4 is 10.5 Å². The summed E-state index contributed by atoms with van der Waals surface area (Å²) in [5.74, 6) is -2.66. The average Bonchev–Trinajstić information content (AvgIpc) is 2.40. The molecule has 0 saturated heterocycles. The van der Waals surface area contributed by atoms with Crippen LogP contribution in [0.3, 0.4) is 0 Å². The normalized spacial score (nSPS) is 10.4. The number of aryl methyl sites for hydroxylation is 1. The Labute approximate surface area is 115 Å². The van der Waals surface area contributed by atoms with E-state index >= 15 is 0 Å². The number of hydrogen-bond donors (Lipinski definition) is 1. The second-order valence-electron chi connectivity index (χ2n) is 4.37. The van der Waals surface area contributed by atoms with E-state index < -0.39 is 23.0 Å². The van der Waals surface area contributed by atoms with Crippen LogP contribution in [0.15, 0.2) is 30.3 Å². The fourth-order valence-electron chi connectivity index (χ4n) is 1.90. The van der Waals surface area contributed by atoms with Crippen molar-refractivity contribution < 1.29 is 18.3 Å². The van der Waals surface area contributed by atoms with Gasteiger partial charge in [-0.05, 0) is 24.6 Å². The summed E-state index contributed by atoms with van der Waals surface area (Å²) < 4.78 is 32.5. The lowest BCUT2D eigenvalue weighted by atomic mass is 9.97. The van der Waals surface area contributed by atoms with E-state index in [0.29, 0.717) is 11.3 Å². The first-order valence-electron chi connectivity index (χ1n) is 5.88. The fourth-order valence-corrected chi connectivity index (χ4v) is 1.90. The molecule has 0 aliphatic heterocycles. The number of nitrogen functional groups attached to an aromatic ring is 1. The van der Waals surface area contributed by atoms with Gasteiger partial charge in [0.2, 0.25) is 0 Å². The summed E-state index contributed by atoms with van der Waals surface area (Å²) in [5.41, 5.74) is 6.12. The lowest BCUT2D eigenvalue weighted by Crippen LogP contribution is -2.10. The molecule has 5 heteroatoms. The zero-order chi connectivity index (χ0) is 14.9. The van der Waals surface area contributed by atoms with Crippen molar-refractivity contribution in [3.05, 3.63) is 58.7 Å². The summed E-state index contributed by atoms with van der Waals surface area (Å²) in [5, 5.41) is 0. The third-order valence-corrected chi connectivity index (χ3v) is 2.98. The Morgan fingerprint density at radius 3 is 2.30 bits per heavy atom. The number of anilines is 1. The van der Waals surface area contributed by atoms with Gasteiger partial charge < -0.3 is 10.5 Å². The molecule has 2 N–H and O–H groups in total. The molecule has 2 aromatic carbocycles. The molecule has 20 heavy (non-hydrogen) atoms. The number of benzene rings is 2. The number of methoxy groups -OCH3 is 1. The van der Waals surface area contributed by atoms with Crippen molar-refractivity contribution in [3.8, 4) is 5.75 Å². The van der Waals surface area contributed by atoms with E-state index in [1.807, 2.05) is 0 Å².